The fraction of sp³-hybridized carbons (Fsp3) is 0.286. The van der Waals surface area contributed by atoms with Gasteiger partial charge in [-0.2, -0.15) is 0 Å². The van der Waals surface area contributed by atoms with Crippen LogP contribution in [-0.4, -0.2) is 35.1 Å². The minimum Gasteiger partial charge on any atom is -1.00 e. The zero-order valence-electron chi connectivity index (χ0n) is 13.1. The van der Waals surface area contributed by atoms with Crippen LogP contribution in [0.4, 0.5) is 0 Å². The van der Waals surface area contributed by atoms with E-state index in [4.69, 9.17) is 5.11 Å². The monoisotopic (exact) mass is 284 g/mol. The molecule has 2 aromatic rings. The van der Waals surface area contributed by atoms with E-state index in [1.54, 1.807) is 23.5 Å². The molecular formula is C14H17LiN2O2S. The number of aromatic nitrogens is 1. The molecule has 0 bridgehead atoms. The maximum absolute atomic E-state index is 10.8. The molecule has 1 aromatic heterocycles. The Hall–Kier alpha value is -1.12. The molecule has 1 heterocycles. The number of nitrogens with zero attached hydrogens (tertiary/aromatic N) is 2. The zero-order chi connectivity index (χ0) is 14.0. The number of benzene rings is 1. The molecule has 0 saturated carbocycles. The summed E-state index contributed by atoms with van der Waals surface area (Å²) in [6.45, 7) is 2.11. The number of hydrogen-bond donors (Lipinski definition) is 1. The smallest absolute Gasteiger partial charge is 1.00 e. The summed E-state index contributed by atoms with van der Waals surface area (Å²) in [7, 11) is 4.04. The van der Waals surface area contributed by atoms with Crippen LogP contribution in [0.15, 0.2) is 30.5 Å². The Kier molecular flexibility index (Phi) is 5.97. The predicted molar refractivity (Wildman–Crippen MR) is 77.7 cm³/mol. The molecule has 20 heavy (non-hydrogen) atoms. The van der Waals surface area contributed by atoms with Crippen molar-refractivity contribution in [1.82, 2.24) is 9.88 Å². The second-order valence-corrected chi connectivity index (χ2v) is 5.65. The molecule has 2 rings (SSSR count). The molecule has 102 valence electrons. The molecule has 0 spiro atoms. The number of rotatable bonds is 4. The van der Waals surface area contributed by atoms with Crippen molar-refractivity contribution in [3.8, 4) is 10.4 Å². The third-order valence-corrected chi connectivity index (χ3v) is 4.29. The molecule has 1 unspecified atom stereocenters. The second kappa shape index (κ2) is 7.05. The van der Waals surface area contributed by atoms with Gasteiger partial charge in [-0.3, -0.25) is 0 Å². The molecule has 1 atom stereocenters. The molecule has 1 aromatic carbocycles. The van der Waals surface area contributed by atoms with Crippen molar-refractivity contribution in [2.24, 2.45) is 0 Å². The predicted octanol–water partition coefficient (Wildman–Crippen LogP) is 0.247. The average molecular weight is 284 g/mol. The minimum absolute atomic E-state index is 0. The van der Waals surface area contributed by atoms with Gasteiger partial charge in [0, 0.05) is 6.20 Å². The molecule has 0 fully saturated rings. The van der Waals surface area contributed by atoms with Crippen LogP contribution in [-0.2, 0) is 0 Å². The quantitative estimate of drug-likeness (QED) is 0.818. The number of carboxylic acids is 1. The van der Waals surface area contributed by atoms with E-state index >= 15 is 0 Å². The van der Waals surface area contributed by atoms with E-state index < -0.39 is 5.97 Å². The van der Waals surface area contributed by atoms with Gasteiger partial charge < -0.3 is 11.4 Å². The van der Waals surface area contributed by atoms with Gasteiger partial charge in [0.1, 0.15) is 5.01 Å². The van der Waals surface area contributed by atoms with Crippen LogP contribution in [0.2, 0.25) is 0 Å². The zero-order valence-corrected chi connectivity index (χ0v) is 12.9. The molecular weight excluding hydrogens is 267 g/mol. The van der Waals surface area contributed by atoms with Gasteiger partial charge in [0.15, 0.2) is 0 Å². The van der Waals surface area contributed by atoms with Gasteiger partial charge in [0.2, 0.25) is 0 Å². The third kappa shape index (κ3) is 3.71. The molecule has 0 saturated heterocycles. The fourth-order valence-corrected chi connectivity index (χ4v) is 2.68. The first-order valence-electron chi connectivity index (χ1n) is 5.95. The van der Waals surface area contributed by atoms with Crippen molar-refractivity contribution in [3.05, 3.63) is 41.0 Å². The van der Waals surface area contributed by atoms with Crippen LogP contribution in [0.3, 0.4) is 0 Å². The Morgan fingerprint density at radius 2 is 1.95 bits per heavy atom. The van der Waals surface area contributed by atoms with Gasteiger partial charge in [0.05, 0.1) is 16.5 Å². The van der Waals surface area contributed by atoms with Gasteiger partial charge in [-0.15, -0.1) is 11.3 Å². The van der Waals surface area contributed by atoms with E-state index in [9.17, 15) is 4.79 Å². The van der Waals surface area contributed by atoms with Crippen molar-refractivity contribution in [1.29, 1.82) is 0 Å². The van der Waals surface area contributed by atoms with Crippen molar-refractivity contribution < 1.29 is 30.2 Å². The van der Waals surface area contributed by atoms with Crippen molar-refractivity contribution in [3.63, 3.8) is 0 Å². The summed E-state index contributed by atoms with van der Waals surface area (Å²) in [5, 5.41) is 9.93. The Morgan fingerprint density at radius 1 is 1.35 bits per heavy atom. The van der Waals surface area contributed by atoms with Crippen LogP contribution in [0.5, 0.6) is 0 Å². The Bertz CT molecular complexity index is 587. The van der Waals surface area contributed by atoms with Gasteiger partial charge >= 0.3 is 24.8 Å². The molecule has 0 amide bonds. The third-order valence-electron chi connectivity index (χ3n) is 3.07. The van der Waals surface area contributed by atoms with Crippen LogP contribution in [0, 0.1) is 0 Å². The molecule has 1 N–H and O–H groups in total. The maximum atomic E-state index is 10.8. The topological polar surface area (TPSA) is 53.4 Å². The maximum Gasteiger partial charge on any atom is 1.00 e. The fourth-order valence-electron chi connectivity index (χ4n) is 1.61. The van der Waals surface area contributed by atoms with E-state index in [-0.39, 0.29) is 26.3 Å². The number of carboxylic acid groups (broad SMARTS) is 1. The van der Waals surface area contributed by atoms with Crippen molar-refractivity contribution in [2.45, 2.75) is 13.0 Å². The summed E-state index contributed by atoms with van der Waals surface area (Å²) < 4.78 is 0. The van der Waals surface area contributed by atoms with E-state index in [0.717, 1.165) is 15.4 Å². The molecule has 0 aliphatic heterocycles. The van der Waals surface area contributed by atoms with Crippen molar-refractivity contribution in [2.75, 3.05) is 14.1 Å². The number of aromatic carboxylic acids is 1. The normalized spacial score (nSPS) is 12.0. The number of hydrogen-bond acceptors (Lipinski definition) is 4. The first-order chi connectivity index (χ1) is 8.99. The SMILES string of the molecule is CC(c1ncc(-c2ccc(C(=O)O)cc2)s1)N(C)C.[H-].[Li+]. The van der Waals surface area contributed by atoms with Crippen LogP contribution < -0.4 is 18.9 Å². The molecule has 0 aliphatic rings. The number of thiazole rings is 1. The van der Waals surface area contributed by atoms with Gasteiger partial charge in [-0.25, -0.2) is 9.78 Å². The summed E-state index contributed by atoms with van der Waals surface area (Å²) in [5.74, 6) is -0.905. The Balaban J connectivity index is 0.00000200. The molecule has 6 heteroatoms. The summed E-state index contributed by atoms with van der Waals surface area (Å²) in [4.78, 5) is 18.4. The summed E-state index contributed by atoms with van der Waals surface area (Å²) in [6, 6.07) is 7.15. The van der Waals surface area contributed by atoms with Crippen LogP contribution in [0.25, 0.3) is 10.4 Å². The van der Waals surface area contributed by atoms with Crippen LogP contribution in [0.1, 0.15) is 29.8 Å². The largest absolute Gasteiger partial charge is 1.00 e. The van der Waals surface area contributed by atoms with E-state index in [2.05, 4.69) is 16.8 Å². The first kappa shape index (κ1) is 16.9. The average Bonchev–Trinajstić information content (AvgIpc) is 2.87. The van der Waals surface area contributed by atoms with Crippen LogP contribution >= 0.6 is 11.3 Å². The standard InChI is InChI=1S/C14H16N2O2S.Li.H/c1-9(16(2)3)13-15-8-12(19-13)10-4-6-11(7-5-10)14(17)18;;/h4-9H,1-3H3,(H,17,18);;/q;+1;-1. The molecule has 0 aliphatic carbocycles. The summed E-state index contributed by atoms with van der Waals surface area (Å²) in [5.41, 5.74) is 1.30. The van der Waals surface area contributed by atoms with Gasteiger partial charge in [-0.1, -0.05) is 12.1 Å². The van der Waals surface area contributed by atoms with E-state index in [0.29, 0.717) is 5.56 Å². The second-order valence-electron chi connectivity index (χ2n) is 4.58. The first-order valence-corrected chi connectivity index (χ1v) is 6.76. The summed E-state index contributed by atoms with van der Waals surface area (Å²) in [6.07, 6.45) is 1.84. The van der Waals surface area contributed by atoms with Crippen molar-refractivity contribution >= 4 is 17.3 Å². The Labute approximate surface area is 136 Å². The summed E-state index contributed by atoms with van der Waals surface area (Å²) >= 11 is 1.64. The number of carbonyl (C=O) groups is 1. The minimum atomic E-state index is -0.905. The molecule has 4 nitrogen and oxygen atoms in total. The molecule has 0 radical (unpaired) electrons. The Morgan fingerprint density at radius 3 is 2.45 bits per heavy atom. The van der Waals surface area contributed by atoms with Gasteiger partial charge in [-0.05, 0) is 38.7 Å². The van der Waals surface area contributed by atoms with Gasteiger partial charge in [0.25, 0.3) is 0 Å². The van der Waals surface area contributed by atoms with E-state index in [1.807, 2.05) is 32.4 Å². The van der Waals surface area contributed by atoms with E-state index in [1.165, 1.54) is 0 Å².